The molecule has 1 aromatic carbocycles. The van der Waals surface area contributed by atoms with E-state index >= 15 is 0 Å². The maximum atomic E-state index is 12.4. The number of hydrogen-bond donors (Lipinski definition) is 1. The first-order valence-corrected chi connectivity index (χ1v) is 13.5. The zero-order valence-corrected chi connectivity index (χ0v) is 20.2. The van der Waals surface area contributed by atoms with Crippen molar-refractivity contribution < 1.29 is 31.2 Å². The van der Waals surface area contributed by atoms with Crippen LogP contribution in [-0.4, -0.2) is 64.1 Å². The van der Waals surface area contributed by atoms with Gasteiger partial charge in [-0.1, -0.05) is 0 Å². The summed E-state index contributed by atoms with van der Waals surface area (Å²) < 4.78 is 58.4. The van der Waals surface area contributed by atoms with E-state index in [4.69, 9.17) is 4.74 Å². The number of aromatic nitrogens is 2. The molecule has 3 rings (SSSR count). The molecule has 1 aliphatic rings. The number of rotatable bonds is 9. The fraction of sp³-hybridized carbons (Fsp3) is 0.450. The fourth-order valence-corrected chi connectivity index (χ4v) is 5.46. The van der Waals surface area contributed by atoms with Gasteiger partial charge in [0.15, 0.2) is 17.4 Å². The van der Waals surface area contributed by atoms with E-state index in [1.807, 2.05) is 0 Å². The number of nitrogens with one attached hydrogen (secondary N) is 1. The summed E-state index contributed by atoms with van der Waals surface area (Å²) in [6.07, 6.45) is 3.52. The number of sulfonamides is 2. The van der Waals surface area contributed by atoms with Crippen molar-refractivity contribution in [3.8, 4) is 0 Å². The molecule has 0 amide bonds. The third-order valence-corrected chi connectivity index (χ3v) is 7.74. The summed E-state index contributed by atoms with van der Waals surface area (Å²) in [7, 11) is -5.60. The number of nitrogens with zero attached hydrogens (tertiary/aromatic N) is 3. The fourth-order valence-electron chi connectivity index (χ4n) is 3.40. The molecule has 33 heavy (non-hydrogen) atoms. The van der Waals surface area contributed by atoms with Gasteiger partial charge in [-0.15, -0.1) is 0 Å². The number of benzene rings is 1. The number of esters is 1. The molecule has 0 bridgehead atoms. The lowest BCUT2D eigenvalue weighted by Gasteiger charge is -2.29. The molecule has 0 saturated carbocycles. The van der Waals surface area contributed by atoms with Crippen LogP contribution in [0.1, 0.15) is 34.6 Å². The van der Waals surface area contributed by atoms with Crippen LogP contribution in [0.2, 0.25) is 0 Å². The molecule has 0 fully saturated rings. The first-order chi connectivity index (χ1) is 15.4. The number of Topliss-reactive ketones (excluding diaryl/α,β-unsaturated/α-hetero) is 1. The third kappa shape index (κ3) is 5.97. The van der Waals surface area contributed by atoms with Crippen molar-refractivity contribution in [1.29, 1.82) is 0 Å². The summed E-state index contributed by atoms with van der Waals surface area (Å²) >= 11 is 0. The predicted octanol–water partition coefficient (Wildman–Crippen LogP) is 0.535. The van der Waals surface area contributed by atoms with Crippen LogP contribution in [0.15, 0.2) is 29.4 Å². The standard InChI is InChI=1S/C20H26N4O7S2/c1-14-22-19(12-23(14)2)33(29,30)21-9-8-20(26)31-13-18(25)16-6-7-17-15(11-16)5-4-10-24(17)32(3,27)28/h6-7,11-12,21H,4-5,8-10,13H2,1-3H3. The highest BCUT2D eigenvalue weighted by Crippen LogP contribution is 2.30. The zero-order chi connectivity index (χ0) is 24.4. The molecule has 0 saturated heterocycles. The molecule has 0 spiro atoms. The van der Waals surface area contributed by atoms with Crippen LogP contribution < -0.4 is 9.03 Å². The molecule has 0 atom stereocenters. The molecule has 0 radical (unpaired) electrons. The SMILES string of the molecule is Cc1nc(S(=O)(=O)NCCC(=O)OCC(=O)c2ccc3c(c2)CCCN3S(C)(=O)=O)cn1C. The number of aryl methyl sites for hydroxylation is 3. The maximum absolute atomic E-state index is 12.4. The van der Waals surface area contributed by atoms with Crippen LogP contribution in [0.25, 0.3) is 0 Å². The highest BCUT2D eigenvalue weighted by molar-refractivity contribution is 7.92. The average Bonchev–Trinajstić information content (AvgIpc) is 3.09. The Hall–Kier alpha value is -2.77. The summed E-state index contributed by atoms with van der Waals surface area (Å²) in [6, 6.07) is 4.70. The zero-order valence-electron chi connectivity index (χ0n) is 18.6. The van der Waals surface area contributed by atoms with Gasteiger partial charge in [-0.3, -0.25) is 13.9 Å². The summed E-state index contributed by atoms with van der Waals surface area (Å²) in [6.45, 7) is 1.35. The van der Waals surface area contributed by atoms with Crippen molar-refractivity contribution in [2.24, 2.45) is 7.05 Å². The Kier molecular flexibility index (Phi) is 7.24. The summed E-state index contributed by atoms with van der Waals surface area (Å²) in [5, 5.41) is -0.145. The van der Waals surface area contributed by atoms with Crippen molar-refractivity contribution >= 4 is 37.5 Å². The minimum Gasteiger partial charge on any atom is -0.457 e. The van der Waals surface area contributed by atoms with Crippen molar-refractivity contribution in [2.45, 2.75) is 31.2 Å². The van der Waals surface area contributed by atoms with Gasteiger partial charge < -0.3 is 9.30 Å². The Morgan fingerprint density at radius 3 is 2.58 bits per heavy atom. The lowest BCUT2D eigenvalue weighted by atomic mass is 9.99. The van der Waals surface area contributed by atoms with Gasteiger partial charge in [0.2, 0.25) is 10.0 Å². The highest BCUT2D eigenvalue weighted by Gasteiger charge is 2.25. The van der Waals surface area contributed by atoms with Crippen LogP contribution in [0.4, 0.5) is 5.69 Å². The summed E-state index contributed by atoms with van der Waals surface area (Å²) in [5.74, 6) is -0.642. The number of carbonyl (C=O) groups excluding carboxylic acids is 2. The molecule has 0 unspecified atom stereocenters. The molecule has 1 N–H and O–H groups in total. The van der Waals surface area contributed by atoms with Gasteiger partial charge in [-0.2, -0.15) is 0 Å². The van der Waals surface area contributed by atoms with Gasteiger partial charge in [0.1, 0.15) is 5.82 Å². The second kappa shape index (κ2) is 9.61. The number of ether oxygens (including phenoxy) is 1. The topological polar surface area (TPSA) is 145 Å². The Morgan fingerprint density at radius 1 is 1.21 bits per heavy atom. The summed E-state index contributed by atoms with van der Waals surface area (Å²) in [4.78, 5) is 28.3. The van der Waals surface area contributed by atoms with Crippen LogP contribution >= 0.6 is 0 Å². The predicted molar refractivity (Wildman–Crippen MR) is 120 cm³/mol. The largest absolute Gasteiger partial charge is 0.457 e. The average molecular weight is 499 g/mol. The second-order valence-corrected chi connectivity index (χ2v) is 11.4. The number of anilines is 1. The quantitative estimate of drug-likeness (QED) is 0.389. The van der Waals surface area contributed by atoms with Crippen molar-refractivity contribution in [3.63, 3.8) is 0 Å². The van der Waals surface area contributed by atoms with Gasteiger partial charge in [0.25, 0.3) is 10.0 Å². The molecule has 0 aliphatic carbocycles. The number of carbonyl (C=O) groups is 2. The van der Waals surface area contributed by atoms with E-state index in [0.717, 1.165) is 11.8 Å². The number of ketones is 1. The van der Waals surface area contributed by atoms with E-state index in [2.05, 4.69) is 9.71 Å². The molecule has 1 aromatic heterocycles. The van der Waals surface area contributed by atoms with Gasteiger partial charge in [-0.25, -0.2) is 26.5 Å². The van der Waals surface area contributed by atoms with Crippen molar-refractivity contribution in [1.82, 2.24) is 14.3 Å². The van der Waals surface area contributed by atoms with E-state index in [1.54, 1.807) is 30.7 Å². The molecular formula is C20H26N4O7S2. The first-order valence-electron chi connectivity index (χ1n) is 10.2. The monoisotopic (exact) mass is 498 g/mol. The van der Waals surface area contributed by atoms with E-state index in [-0.39, 0.29) is 18.0 Å². The number of hydrogen-bond acceptors (Lipinski definition) is 8. The Labute approximate surface area is 192 Å². The lowest BCUT2D eigenvalue weighted by molar-refractivity contribution is -0.142. The Morgan fingerprint density at radius 2 is 1.94 bits per heavy atom. The van der Waals surface area contributed by atoms with E-state index in [9.17, 15) is 26.4 Å². The summed E-state index contributed by atoms with van der Waals surface area (Å²) in [5.41, 5.74) is 1.60. The van der Waals surface area contributed by atoms with Crippen LogP contribution in [0.5, 0.6) is 0 Å². The van der Waals surface area contributed by atoms with E-state index < -0.39 is 38.4 Å². The number of imidazole rings is 1. The second-order valence-electron chi connectivity index (χ2n) is 7.75. The van der Waals surface area contributed by atoms with Gasteiger partial charge in [0.05, 0.1) is 18.4 Å². The van der Waals surface area contributed by atoms with Crippen molar-refractivity contribution in [3.05, 3.63) is 41.3 Å². The lowest BCUT2D eigenvalue weighted by Crippen LogP contribution is -2.34. The van der Waals surface area contributed by atoms with Crippen LogP contribution in [0, 0.1) is 6.92 Å². The van der Waals surface area contributed by atoms with Crippen molar-refractivity contribution in [2.75, 3.05) is 30.3 Å². The molecule has 2 heterocycles. The molecule has 180 valence electrons. The molecular weight excluding hydrogens is 472 g/mol. The van der Waals surface area contributed by atoms with Gasteiger partial charge >= 0.3 is 5.97 Å². The van der Waals surface area contributed by atoms with Crippen LogP contribution in [-0.2, 0) is 43.0 Å². The molecule has 1 aliphatic heterocycles. The minimum absolute atomic E-state index is 0.145. The Balaban J connectivity index is 1.52. The first kappa shape index (κ1) is 24.9. The molecule has 11 nitrogen and oxygen atoms in total. The molecule has 13 heteroatoms. The van der Waals surface area contributed by atoms with E-state index in [0.29, 0.717) is 36.5 Å². The van der Waals surface area contributed by atoms with Gasteiger partial charge in [0, 0.05) is 31.9 Å². The maximum Gasteiger partial charge on any atom is 0.307 e. The Bertz CT molecular complexity index is 1260. The number of fused-ring (bicyclic) bond motifs is 1. The normalized spacial score (nSPS) is 14.1. The molecule has 2 aromatic rings. The third-order valence-electron chi connectivity index (χ3n) is 5.23. The minimum atomic E-state index is -3.86. The smallest absolute Gasteiger partial charge is 0.307 e. The van der Waals surface area contributed by atoms with E-state index in [1.165, 1.54) is 16.6 Å². The van der Waals surface area contributed by atoms with Crippen LogP contribution in [0.3, 0.4) is 0 Å². The highest BCUT2D eigenvalue weighted by atomic mass is 32.2. The van der Waals surface area contributed by atoms with Gasteiger partial charge in [-0.05, 0) is 43.5 Å².